The van der Waals surface area contributed by atoms with Gasteiger partial charge in [-0.1, -0.05) is 19.1 Å². The normalized spacial score (nSPS) is 10.4. The maximum atomic E-state index is 13.0. The van der Waals surface area contributed by atoms with Crippen molar-refractivity contribution in [1.82, 2.24) is 0 Å². The Kier molecular flexibility index (Phi) is 7.06. The number of ether oxygens (including phenoxy) is 3. The molecule has 0 aromatic heterocycles. The van der Waals surface area contributed by atoms with Crippen LogP contribution in [-0.2, 0) is 6.42 Å². The summed E-state index contributed by atoms with van der Waals surface area (Å²) >= 11 is 0. The van der Waals surface area contributed by atoms with Crippen LogP contribution in [0.4, 0.5) is 0 Å². The summed E-state index contributed by atoms with van der Waals surface area (Å²) < 4.78 is 16.1. The van der Waals surface area contributed by atoms with E-state index in [2.05, 4.69) is 0 Å². The molecule has 0 atom stereocenters. The number of methoxy groups -OCH3 is 1. The molecule has 34 heavy (non-hydrogen) atoms. The van der Waals surface area contributed by atoms with E-state index in [9.17, 15) is 29.7 Å². The van der Waals surface area contributed by atoms with Gasteiger partial charge < -0.3 is 29.5 Å². The van der Waals surface area contributed by atoms with Gasteiger partial charge in [-0.05, 0) is 49.2 Å². The fraction of sp³-hybridized carbons (Fsp3) is 0.160. The molecule has 0 amide bonds. The molecule has 3 rings (SSSR count). The number of aldehydes is 1. The Hall–Kier alpha value is -4.53. The Bertz CT molecular complexity index is 1280. The van der Waals surface area contributed by atoms with E-state index in [1.807, 2.05) is 0 Å². The second-order valence-corrected chi connectivity index (χ2v) is 7.23. The van der Waals surface area contributed by atoms with Crippen LogP contribution in [-0.4, -0.2) is 40.7 Å². The van der Waals surface area contributed by atoms with Gasteiger partial charge in [0, 0.05) is 11.1 Å². The number of hydrogen-bond donors (Lipinski definition) is 3. The molecule has 0 unspecified atom stereocenters. The number of benzene rings is 3. The Morgan fingerprint density at radius 3 is 2.26 bits per heavy atom. The largest absolute Gasteiger partial charge is 0.504 e. The van der Waals surface area contributed by atoms with E-state index >= 15 is 0 Å². The molecule has 3 aromatic rings. The van der Waals surface area contributed by atoms with Crippen molar-refractivity contribution < 1.29 is 43.9 Å². The van der Waals surface area contributed by atoms with E-state index in [0.29, 0.717) is 17.4 Å². The molecule has 0 aliphatic carbocycles. The first kappa shape index (κ1) is 24.1. The summed E-state index contributed by atoms with van der Waals surface area (Å²) in [5.74, 6) is -3.76. The highest BCUT2D eigenvalue weighted by molar-refractivity contribution is 5.99. The van der Waals surface area contributed by atoms with Crippen molar-refractivity contribution in [2.24, 2.45) is 0 Å². The zero-order chi connectivity index (χ0) is 25.0. The van der Waals surface area contributed by atoms with Gasteiger partial charge in [0.2, 0.25) is 5.75 Å². The quantitative estimate of drug-likeness (QED) is 0.204. The summed E-state index contributed by atoms with van der Waals surface area (Å²) in [6.45, 7) is 3.26. The first-order valence-corrected chi connectivity index (χ1v) is 10.2. The number of para-hydroxylation sites is 1. The average Bonchev–Trinajstić information content (AvgIpc) is 2.83. The van der Waals surface area contributed by atoms with Crippen molar-refractivity contribution in [3.63, 3.8) is 0 Å². The van der Waals surface area contributed by atoms with Gasteiger partial charge in [-0.2, -0.15) is 0 Å². The lowest BCUT2D eigenvalue weighted by molar-refractivity contribution is 0.0701. The van der Waals surface area contributed by atoms with Crippen LogP contribution in [0, 0.1) is 6.92 Å². The highest BCUT2D eigenvalue weighted by Crippen LogP contribution is 2.40. The molecule has 0 spiro atoms. The number of hydrogen-bond acceptors (Lipinski definition) is 9. The van der Waals surface area contributed by atoms with Gasteiger partial charge in [0.1, 0.15) is 17.6 Å². The average molecular weight is 466 g/mol. The van der Waals surface area contributed by atoms with E-state index in [1.165, 1.54) is 31.4 Å². The molecule has 0 fully saturated rings. The number of esters is 2. The van der Waals surface area contributed by atoms with Crippen molar-refractivity contribution in [2.45, 2.75) is 20.3 Å². The number of carbonyl (C=O) groups excluding carboxylic acids is 3. The van der Waals surface area contributed by atoms with Crippen LogP contribution in [0.25, 0.3) is 0 Å². The molecule has 0 aliphatic rings. The van der Waals surface area contributed by atoms with Crippen LogP contribution >= 0.6 is 0 Å². The summed E-state index contributed by atoms with van der Waals surface area (Å²) in [5, 5.41) is 29.7. The van der Waals surface area contributed by atoms with Gasteiger partial charge >= 0.3 is 11.9 Å². The van der Waals surface area contributed by atoms with Crippen LogP contribution in [0.2, 0.25) is 0 Å². The Labute approximate surface area is 194 Å². The van der Waals surface area contributed by atoms with Crippen LogP contribution in [0.5, 0.6) is 34.5 Å². The zero-order valence-corrected chi connectivity index (χ0v) is 18.6. The van der Waals surface area contributed by atoms with Crippen molar-refractivity contribution >= 4 is 18.2 Å². The molecule has 0 bridgehead atoms. The molecule has 3 N–H and O–H groups in total. The minimum atomic E-state index is -0.960. The van der Waals surface area contributed by atoms with E-state index in [4.69, 9.17) is 14.2 Å². The van der Waals surface area contributed by atoms with Gasteiger partial charge in [0.25, 0.3) is 0 Å². The predicted molar refractivity (Wildman–Crippen MR) is 120 cm³/mol. The van der Waals surface area contributed by atoms with Gasteiger partial charge in [-0.25, -0.2) is 9.59 Å². The van der Waals surface area contributed by atoms with Crippen molar-refractivity contribution in [3.05, 3.63) is 70.3 Å². The first-order chi connectivity index (χ1) is 16.2. The van der Waals surface area contributed by atoms with Crippen LogP contribution in [0.1, 0.15) is 49.1 Å². The number of aryl methyl sites for hydroxylation is 1. The number of rotatable bonds is 7. The minimum absolute atomic E-state index is 0.0542. The van der Waals surface area contributed by atoms with Crippen LogP contribution in [0.3, 0.4) is 0 Å². The van der Waals surface area contributed by atoms with Gasteiger partial charge in [-0.15, -0.1) is 0 Å². The second kappa shape index (κ2) is 9.95. The summed E-state index contributed by atoms with van der Waals surface area (Å²) in [7, 11) is 1.36. The third-order valence-corrected chi connectivity index (χ3v) is 5.09. The summed E-state index contributed by atoms with van der Waals surface area (Å²) in [5.41, 5.74) is 0.590. The Morgan fingerprint density at radius 1 is 0.912 bits per heavy atom. The molecule has 0 aliphatic heterocycles. The van der Waals surface area contributed by atoms with E-state index in [1.54, 1.807) is 26.0 Å². The van der Waals surface area contributed by atoms with Gasteiger partial charge in [0.15, 0.2) is 23.0 Å². The third-order valence-electron chi connectivity index (χ3n) is 5.09. The smallest absolute Gasteiger partial charge is 0.347 e. The first-order valence-electron chi connectivity index (χ1n) is 10.2. The summed E-state index contributed by atoms with van der Waals surface area (Å²) in [4.78, 5) is 36.9. The number of phenols is 3. The van der Waals surface area contributed by atoms with Gasteiger partial charge in [0.05, 0.1) is 12.7 Å². The standard InChI is InChI=1S/C25H22O9/c1-4-15-17(11-18(27)22(29)21(15)28)25(31)34-23-13(2)6-5-7-16(23)24(30)33-19-9-8-14(12-26)10-20(19)32-3/h5-12,27-29H,4H2,1-3H3. The summed E-state index contributed by atoms with van der Waals surface area (Å²) in [6.07, 6.45) is 0.777. The zero-order valence-electron chi connectivity index (χ0n) is 18.6. The highest BCUT2D eigenvalue weighted by Gasteiger charge is 2.25. The number of carbonyl (C=O) groups is 3. The topological polar surface area (TPSA) is 140 Å². The lowest BCUT2D eigenvalue weighted by Gasteiger charge is -2.15. The SMILES string of the molecule is CCc1c(C(=O)Oc2c(C)cccc2C(=O)Oc2ccc(C=O)cc2OC)cc(O)c(O)c1O. The second-order valence-electron chi connectivity index (χ2n) is 7.23. The van der Waals surface area contributed by atoms with E-state index < -0.39 is 29.2 Å². The summed E-state index contributed by atoms with van der Waals surface area (Å²) in [6, 6.07) is 9.82. The fourth-order valence-corrected chi connectivity index (χ4v) is 3.32. The molecule has 9 nitrogen and oxygen atoms in total. The molecular formula is C25H22O9. The predicted octanol–water partition coefficient (Wildman–Crippen LogP) is 3.93. The lowest BCUT2D eigenvalue weighted by Crippen LogP contribution is -2.17. The van der Waals surface area contributed by atoms with Gasteiger partial charge in [-0.3, -0.25) is 4.79 Å². The Morgan fingerprint density at radius 2 is 1.62 bits per heavy atom. The fourth-order valence-electron chi connectivity index (χ4n) is 3.32. The number of aromatic hydroxyl groups is 3. The molecule has 0 radical (unpaired) electrons. The molecular weight excluding hydrogens is 444 g/mol. The lowest BCUT2D eigenvalue weighted by atomic mass is 10.0. The molecule has 0 saturated carbocycles. The molecule has 0 heterocycles. The van der Waals surface area contributed by atoms with Crippen molar-refractivity contribution in [3.8, 4) is 34.5 Å². The molecule has 9 heteroatoms. The molecule has 176 valence electrons. The monoisotopic (exact) mass is 466 g/mol. The number of phenolic OH excluding ortho intramolecular Hbond substituents is 3. The maximum Gasteiger partial charge on any atom is 0.347 e. The molecule has 0 saturated heterocycles. The Balaban J connectivity index is 1.97. The maximum absolute atomic E-state index is 13.0. The van der Waals surface area contributed by atoms with Crippen molar-refractivity contribution in [2.75, 3.05) is 7.11 Å². The minimum Gasteiger partial charge on any atom is -0.504 e. The van der Waals surface area contributed by atoms with Crippen LogP contribution < -0.4 is 14.2 Å². The van der Waals surface area contributed by atoms with E-state index in [-0.39, 0.29) is 40.4 Å². The van der Waals surface area contributed by atoms with E-state index in [0.717, 1.165) is 6.07 Å². The van der Waals surface area contributed by atoms with Crippen LogP contribution in [0.15, 0.2) is 42.5 Å². The third kappa shape index (κ3) is 4.63. The van der Waals surface area contributed by atoms with Crippen molar-refractivity contribution in [1.29, 1.82) is 0 Å². The highest BCUT2D eigenvalue weighted by atomic mass is 16.6. The molecule has 3 aromatic carbocycles.